The summed E-state index contributed by atoms with van der Waals surface area (Å²) in [6, 6.07) is 0. The second kappa shape index (κ2) is 7.04. The van der Waals surface area contributed by atoms with Crippen molar-refractivity contribution in [2.75, 3.05) is 13.1 Å². The molecule has 2 heteroatoms. The Labute approximate surface area is 76.6 Å². The Kier molecular flexibility index (Phi) is 8.17. The van der Waals surface area contributed by atoms with Crippen molar-refractivity contribution >= 4 is 6.72 Å². The van der Waals surface area contributed by atoms with Gasteiger partial charge in [0.05, 0.1) is 0 Å². The highest BCUT2D eigenvalue weighted by molar-refractivity contribution is 5.23. The molecule has 12 heavy (non-hydrogen) atoms. The Bertz CT molecular complexity index is 131. The lowest BCUT2D eigenvalue weighted by molar-refractivity contribution is 0.431. The second-order valence-electron chi connectivity index (χ2n) is 4.10. The van der Waals surface area contributed by atoms with Gasteiger partial charge in [-0.3, -0.25) is 0 Å². The summed E-state index contributed by atoms with van der Waals surface area (Å²) in [5.41, 5.74) is 6.43. The monoisotopic (exact) mass is 170 g/mol. The maximum Gasteiger partial charge on any atom is 0.0430 e. The summed E-state index contributed by atoms with van der Waals surface area (Å²) < 4.78 is 0. The van der Waals surface area contributed by atoms with Crippen LogP contribution in [0.5, 0.6) is 0 Å². The van der Waals surface area contributed by atoms with Gasteiger partial charge < -0.3 is 10.7 Å². The van der Waals surface area contributed by atoms with Crippen LogP contribution in [-0.4, -0.2) is 19.8 Å². The molecule has 0 atom stereocenters. The molecule has 0 aromatic rings. The molecular formula is C10H22N2. The number of aliphatic imine (C=N–C) groups is 1. The summed E-state index contributed by atoms with van der Waals surface area (Å²) >= 11 is 0. The van der Waals surface area contributed by atoms with Crippen LogP contribution in [-0.2, 0) is 0 Å². The zero-order chi connectivity index (χ0) is 10.2. The number of hydrogen-bond acceptors (Lipinski definition) is 2. The van der Waals surface area contributed by atoms with E-state index in [9.17, 15) is 0 Å². The van der Waals surface area contributed by atoms with Gasteiger partial charge in [-0.05, 0) is 19.1 Å². The van der Waals surface area contributed by atoms with Gasteiger partial charge >= 0.3 is 0 Å². The standard InChI is InChI=1S/C6H13N.C4H9N/c1-6(2,3)5-7-4;1-4(2)3-5/h4-5H2,1-3H3;1,3,5H2,2H3. The maximum absolute atomic E-state index is 5.07. The van der Waals surface area contributed by atoms with Gasteiger partial charge in [-0.2, -0.15) is 0 Å². The van der Waals surface area contributed by atoms with Crippen LogP contribution in [0.2, 0.25) is 0 Å². The molecule has 0 bridgehead atoms. The van der Waals surface area contributed by atoms with E-state index >= 15 is 0 Å². The zero-order valence-electron chi connectivity index (χ0n) is 8.85. The highest BCUT2D eigenvalue weighted by Crippen LogP contribution is 2.11. The minimum Gasteiger partial charge on any atom is -0.327 e. The first kappa shape index (κ1) is 13.9. The first-order valence-electron chi connectivity index (χ1n) is 4.10. The first-order chi connectivity index (χ1) is 5.33. The van der Waals surface area contributed by atoms with Crippen LogP contribution in [0.4, 0.5) is 0 Å². The Morgan fingerprint density at radius 1 is 1.42 bits per heavy atom. The van der Waals surface area contributed by atoms with E-state index in [1.807, 2.05) is 6.92 Å². The minimum atomic E-state index is 0.321. The summed E-state index contributed by atoms with van der Waals surface area (Å²) in [5, 5.41) is 0. The van der Waals surface area contributed by atoms with Crippen molar-refractivity contribution in [1.29, 1.82) is 0 Å². The van der Waals surface area contributed by atoms with Gasteiger partial charge in [0.1, 0.15) is 0 Å². The van der Waals surface area contributed by atoms with Gasteiger partial charge in [0, 0.05) is 13.1 Å². The Morgan fingerprint density at radius 2 is 1.75 bits per heavy atom. The predicted molar refractivity (Wildman–Crippen MR) is 57.7 cm³/mol. The van der Waals surface area contributed by atoms with Crippen LogP contribution in [0.15, 0.2) is 17.1 Å². The van der Waals surface area contributed by atoms with E-state index in [0.29, 0.717) is 12.0 Å². The van der Waals surface area contributed by atoms with Crippen molar-refractivity contribution < 1.29 is 0 Å². The van der Waals surface area contributed by atoms with Gasteiger partial charge in [0.2, 0.25) is 0 Å². The molecule has 0 amide bonds. The fourth-order valence-corrected chi connectivity index (χ4v) is 0.335. The molecule has 0 saturated carbocycles. The van der Waals surface area contributed by atoms with E-state index in [1.54, 1.807) is 0 Å². The quantitative estimate of drug-likeness (QED) is 0.501. The van der Waals surface area contributed by atoms with Crippen LogP contribution in [0.25, 0.3) is 0 Å². The number of nitrogens with two attached hydrogens (primary N) is 1. The van der Waals surface area contributed by atoms with Crippen LogP contribution >= 0.6 is 0 Å². The molecule has 0 rings (SSSR count). The molecule has 72 valence electrons. The molecule has 0 aliphatic heterocycles. The van der Waals surface area contributed by atoms with Crippen molar-refractivity contribution in [3.8, 4) is 0 Å². The van der Waals surface area contributed by atoms with Crippen molar-refractivity contribution in [2.24, 2.45) is 16.1 Å². The van der Waals surface area contributed by atoms with Gasteiger partial charge in [-0.15, -0.1) is 0 Å². The third kappa shape index (κ3) is 22.8. The average Bonchev–Trinajstić information content (AvgIpc) is 1.86. The predicted octanol–water partition coefficient (Wildman–Crippen LogP) is 2.25. The number of rotatable bonds is 2. The molecular weight excluding hydrogens is 148 g/mol. The van der Waals surface area contributed by atoms with E-state index in [0.717, 1.165) is 12.1 Å². The van der Waals surface area contributed by atoms with Crippen molar-refractivity contribution in [1.82, 2.24) is 0 Å². The van der Waals surface area contributed by atoms with Gasteiger partial charge in [-0.1, -0.05) is 32.9 Å². The molecule has 2 nitrogen and oxygen atoms in total. The lowest BCUT2D eigenvalue weighted by atomic mass is 9.98. The van der Waals surface area contributed by atoms with E-state index in [1.165, 1.54) is 0 Å². The second-order valence-corrected chi connectivity index (χ2v) is 4.10. The van der Waals surface area contributed by atoms with E-state index in [-0.39, 0.29) is 0 Å². The first-order valence-corrected chi connectivity index (χ1v) is 4.10. The van der Waals surface area contributed by atoms with E-state index < -0.39 is 0 Å². The van der Waals surface area contributed by atoms with Crippen LogP contribution in [0, 0.1) is 5.41 Å². The summed E-state index contributed by atoms with van der Waals surface area (Å²) in [6.07, 6.45) is 0. The van der Waals surface area contributed by atoms with Gasteiger partial charge in [-0.25, -0.2) is 0 Å². The SMILES string of the molecule is C=C(C)CN.C=NCC(C)(C)C. The molecule has 0 heterocycles. The average molecular weight is 170 g/mol. The molecule has 0 aliphatic rings. The fraction of sp³-hybridized carbons (Fsp3) is 0.700. The Morgan fingerprint density at radius 3 is 1.75 bits per heavy atom. The summed E-state index contributed by atoms with van der Waals surface area (Å²) in [6.45, 7) is 16.7. The molecule has 0 aromatic heterocycles. The zero-order valence-corrected chi connectivity index (χ0v) is 8.85. The lowest BCUT2D eigenvalue weighted by Crippen LogP contribution is -2.08. The molecule has 0 saturated heterocycles. The molecule has 2 N–H and O–H groups in total. The molecule has 0 radical (unpaired) electrons. The smallest absolute Gasteiger partial charge is 0.0430 e. The van der Waals surface area contributed by atoms with Crippen molar-refractivity contribution in [3.63, 3.8) is 0 Å². The molecule has 0 aromatic carbocycles. The Balaban J connectivity index is 0. The van der Waals surface area contributed by atoms with Crippen LogP contribution in [0.1, 0.15) is 27.7 Å². The largest absolute Gasteiger partial charge is 0.327 e. The van der Waals surface area contributed by atoms with Gasteiger partial charge in [0.15, 0.2) is 0 Å². The molecule has 0 spiro atoms. The lowest BCUT2D eigenvalue weighted by Gasteiger charge is -2.12. The summed E-state index contributed by atoms with van der Waals surface area (Å²) in [4.78, 5) is 3.76. The third-order valence-corrected chi connectivity index (χ3v) is 0.935. The van der Waals surface area contributed by atoms with Gasteiger partial charge in [0.25, 0.3) is 0 Å². The van der Waals surface area contributed by atoms with E-state index in [4.69, 9.17) is 5.73 Å². The highest BCUT2D eigenvalue weighted by Gasteiger charge is 2.06. The van der Waals surface area contributed by atoms with Crippen molar-refractivity contribution in [3.05, 3.63) is 12.2 Å². The van der Waals surface area contributed by atoms with E-state index in [2.05, 4.69) is 39.1 Å². The normalized spacial score (nSPS) is 9.75. The maximum atomic E-state index is 5.07. The topological polar surface area (TPSA) is 38.4 Å². The van der Waals surface area contributed by atoms with Crippen molar-refractivity contribution in [2.45, 2.75) is 27.7 Å². The highest BCUT2D eigenvalue weighted by atomic mass is 14.7. The fourth-order valence-electron chi connectivity index (χ4n) is 0.335. The Hall–Kier alpha value is -0.630. The minimum absolute atomic E-state index is 0.321. The molecule has 0 fully saturated rings. The summed E-state index contributed by atoms with van der Waals surface area (Å²) in [7, 11) is 0. The van der Waals surface area contributed by atoms with Crippen LogP contribution < -0.4 is 5.73 Å². The summed E-state index contributed by atoms with van der Waals surface area (Å²) in [5.74, 6) is 0. The third-order valence-electron chi connectivity index (χ3n) is 0.935. The van der Waals surface area contributed by atoms with Crippen LogP contribution in [0.3, 0.4) is 0 Å². The molecule has 0 aliphatic carbocycles. The number of hydrogen-bond donors (Lipinski definition) is 1. The molecule has 0 unspecified atom stereocenters. The number of nitrogens with zero attached hydrogens (tertiary/aromatic N) is 1.